The second kappa shape index (κ2) is 8.08. The van der Waals surface area contributed by atoms with Crippen molar-refractivity contribution in [2.24, 2.45) is 0 Å². The Labute approximate surface area is 138 Å². The van der Waals surface area contributed by atoms with Crippen molar-refractivity contribution < 1.29 is 0 Å². The summed E-state index contributed by atoms with van der Waals surface area (Å²) < 4.78 is 1.11. The van der Waals surface area contributed by atoms with Crippen molar-refractivity contribution >= 4 is 39.3 Å². The summed E-state index contributed by atoms with van der Waals surface area (Å²) in [6.07, 6.45) is 0. The Balaban J connectivity index is 2.11. The van der Waals surface area contributed by atoms with Gasteiger partial charge in [0.25, 0.3) is 0 Å². The van der Waals surface area contributed by atoms with Crippen LogP contribution in [0.25, 0.3) is 0 Å². The Bertz CT molecular complexity index is 574. The number of halogens is 2. The molecule has 0 spiro atoms. The van der Waals surface area contributed by atoms with E-state index in [1.807, 2.05) is 30.0 Å². The van der Waals surface area contributed by atoms with Crippen molar-refractivity contribution in [1.29, 1.82) is 0 Å². The lowest BCUT2D eigenvalue weighted by molar-refractivity contribution is 0.718. The molecule has 2 aromatic carbocycles. The van der Waals surface area contributed by atoms with E-state index in [-0.39, 0.29) is 0 Å². The third-order valence-corrected chi connectivity index (χ3v) is 4.94. The van der Waals surface area contributed by atoms with Gasteiger partial charge in [-0.25, -0.2) is 0 Å². The van der Waals surface area contributed by atoms with Crippen LogP contribution in [0.4, 0.5) is 0 Å². The highest BCUT2D eigenvalue weighted by molar-refractivity contribution is 9.10. The molecule has 0 bridgehead atoms. The Kier molecular flexibility index (Phi) is 6.43. The van der Waals surface area contributed by atoms with Crippen molar-refractivity contribution in [3.63, 3.8) is 0 Å². The summed E-state index contributed by atoms with van der Waals surface area (Å²) in [5.41, 5.74) is 2.50. The number of benzene rings is 2. The molecule has 106 valence electrons. The van der Waals surface area contributed by atoms with Gasteiger partial charge >= 0.3 is 0 Å². The zero-order valence-electron chi connectivity index (χ0n) is 11.3. The molecular formula is C16H17BrClNS. The third kappa shape index (κ3) is 4.52. The maximum atomic E-state index is 6.21. The fourth-order valence-electron chi connectivity index (χ4n) is 1.84. The molecule has 0 atom stereocenters. The Morgan fingerprint density at radius 1 is 1.15 bits per heavy atom. The van der Waals surface area contributed by atoms with E-state index in [0.29, 0.717) is 0 Å². The van der Waals surface area contributed by atoms with Crippen LogP contribution in [0.2, 0.25) is 5.02 Å². The van der Waals surface area contributed by atoms with Crippen LogP contribution in [-0.2, 0) is 12.3 Å². The molecule has 2 aromatic rings. The Morgan fingerprint density at radius 3 is 2.70 bits per heavy atom. The smallest absolute Gasteiger partial charge is 0.0446 e. The number of thioether (sulfide) groups is 1. The van der Waals surface area contributed by atoms with Crippen LogP contribution in [-0.4, -0.2) is 6.54 Å². The summed E-state index contributed by atoms with van der Waals surface area (Å²) in [5, 5.41) is 4.22. The minimum absolute atomic E-state index is 0.836. The summed E-state index contributed by atoms with van der Waals surface area (Å²) in [6, 6.07) is 14.5. The van der Waals surface area contributed by atoms with Gasteiger partial charge in [-0.2, -0.15) is 0 Å². The van der Waals surface area contributed by atoms with Crippen molar-refractivity contribution in [2.75, 3.05) is 6.54 Å². The normalized spacial score (nSPS) is 10.8. The topological polar surface area (TPSA) is 12.0 Å². The predicted molar refractivity (Wildman–Crippen MR) is 92.5 cm³/mol. The van der Waals surface area contributed by atoms with Gasteiger partial charge in [0.1, 0.15) is 0 Å². The lowest BCUT2D eigenvalue weighted by Crippen LogP contribution is -2.12. The molecule has 1 N–H and O–H groups in total. The van der Waals surface area contributed by atoms with Crippen LogP contribution < -0.4 is 5.32 Å². The van der Waals surface area contributed by atoms with Gasteiger partial charge in [-0.1, -0.05) is 58.7 Å². The molecule has 0 radical (unpaired) electrons. The molecule has 1 nitrogen and oxygen atoms in total. The van der Waals surface area contributed by atoms with Crippen LogP contribution in [0, 0.1) is 0 Å². The number of nitrogens with one attached hydrogen (secondary N) is 1. The van der Waals surface area contributed by atoms with E-state index in [9.17, 15) is 0 Å². The lowest BCUT2D eigenvalue weighted by Gasteiger charge is -2.11. The van der Waals surface area contributed by atoms with Crippen molar-refractivity contribution in [1.82, 2.24) is 5.32 Å². The van der Waals surface area contributed by atoms with Gasteiger partial charge in [0, 0.05) is 26.7 Å². The standard InChI is InChI=1S/C16H17BrClNS/c1-2-19-10-12-7-8-14(17)9-16(12)20-11-13-5-3-4-6-15(13)18/h3-9,19H,2,10-11H2,1H3. The van der Waals surface area contributed by atoms with E-state index >= 15 is 0 Å². The van der Waals surface area contributed by atoms with E-state index in [0.717, 1.165) is 28.3 Å². The molecule has 0 aliphatic carbocycles. The Hall–Kier alpha value is -0.480. The van der Waals surface area contributed by atoms with Gasteiger partial charge in [-0.15, -0.1) is 11.8 Å². The summed E-state index contributed by atoms with van der Waals surface area (Å²) in [4.78, 5) is 1.29. The first-order valence-corrected chi connectivity index (χ1v) is 8.71. The van der Waals surface area contributed by atoms with E-state index in [1.165, 1.54) is 16.0 Å². The predicted octanol–water partition coefficient (Wildman–Crippen LogP) is 5.50. The van der Waals surface area contributed by atoms with Crippen molar-refractivity contribution in [2.45, 2.75) is 24.1 Å². The van der Waals surface area contributed by atoms with Crippen LogP contribution >= 0.6 is 39.3 Å². The lowest BCUT2D eigenvalue weighted by atomic mass is 10.2. The van der Waals surface area contributed by atoms with Gasteiger partial charge in [0.05, 0.1) is 0 Å². The number of hydrogen-bond donors (Lipinski definition) is 1. The van der Waals surface area contributed by atoms with Gasteiger partial charge in [-0.05, 0) is 35.9 Å². The molecule has 2 rings (SSSR count). The SMILES string of the molecule is CCNCc1ccc(Br)cc1SCc1ccccc1Cl. The van der Waals surface area contributed by atoms with Crippen LogP contribution in [0.1, 0.15) is 18.1 Å². The molecule has 4 heteroatoms. The number of hydrogen-bond acceptors (Lipinski definition) is 2. The molecule has 0 saturated heterocycles. The molecule has 0 saturated carbocycles. The molecule has 0 aliphatic rings. The van der Waals surface area contributed by atoms with Crippen molar-refractivity contribution in [3.8, 4) is 0 Å². The summed E-state index contributed by atoms with van der Waals surface area (Å²) in [7, 11) is 0. The first kappa shape index (κ1) is 15.9. The fraction of sp³-hybridized carbons (Fsp3) is 0.250. The highest BCUT2D eigenvalue weighted by atomic mass is 79.9. The first-order valence-electron chi connectivity index (χ1n) is 6.56. The van der Waals surface area contributed by atoms with Gasteiger partial charge in [0.15, 0.2) is 0 Å². The molecule has 0 aliphatic heterocycles. The molecule has 0 fully saturated rings. The average Bonchev–Trinajstić information content (AvgIpc) is 2.45. The first-order chi connectivity index (χ1) is 9.70. The van der Waals surface area contributed by atoms with Crippen LogP contribution in [0.5, 0.6) is 0 Å². The average molecular weight is 371 g/mol. The van der Waals surface area contributed by atoms with Crippen LogP contribution in [0.15, 0.2) is 51.8 Å². The second-order valence-corrected chi connectivity index (χ2v) is 6.75. The Morgan fingerprint density at radius 2 is 1.95 bits per heavy atom. The minimum Gasteiger partial charge on any atom is -0.313 e. The fourth-order valence-corrected chi connectivity index (χ4v) is 3.73. The summed E-state index contributed by atoms with van der Waals surface area (Å²) in [6.45, 7) is 3.99. The maximum absolute atomic E-state index is 6.21. The second-order valence-electron chi connectivity index (χ2n) is 4.41. The zero-order valence-corrected chi connectivity index (χ0v) is 14.5. The monoisotopic (exact) mass is 369 g/mol. The van der Waals surface area contributed by atoms with Gasteiger partial charge < -0.3 is 5.32 Å². The van der Waals surface area contributed by atoms with E-state index in [1.54, 1.807) is 0 Å². The largest absolute Gasteiger partial charge is 0.313 e. The van der Waals surface area contributed by atoms with E-state index in [2.05, 4.69) is 52.4 Å². The van der Waals surface area contributed by atoms with E-state index in [4.69, 9.17) is 11.6 Å². The third-order valence-electron chi connectivity index (χ3n) is 2.94. The quantitative estimate of drug-likeness (QED) is 0.673. The molecular weight excluding hydrogens is 354 g/mol. The molecule has 0 aromatic heterocycles. The van der Waals surface area contributed by atoms with E-state index < -0.39 is 0 Å². The summed E-state index contributed by atoms with van der Waals surface area (Å²) in [5.74, 6) is 0.884. The molecule has 0 heterocycles. The minimum atomic E-state index is 0.836. The maximum Gasteiger partial charge on any atom is 0.0446 e. The highest BCUT2D eigenvalue weighted by Crippen LogP contribution is 2.31. The summed E-state index contributed by atoms with van der Waals surface area (Å²) >= 11 is 11.6. The zero-order chi connectivity index (χ0) is 14.4. The van der Waals surface area contributed by atoms with Gasteiger partial charge in [-0.3, -0.25) is 0 Å². The number of rotatable bonds is 6. The van der Waals surface area contributed by atoms with Crippen LogP contribution in [0.3, 0.4) is 0 Å². The molecule has 0 amide bonds. The highest BCUT2D eigenvalue weighted by Gasteiger charge is 2.06. The van der Waals surface area contributed by atoms with Crippen molar-refractivity contribution in [3.05, 3.63) is 63.1 Å². The molecule has 20 heavy (non-hydrogen) atoms. The van der Waals surface area contributed by atoms with Gasteiger partial charge in [0.2, 0.25) is 0 Å². The molecule has 0 unspecified atom stereocenters.